The molecule has 1 saturated carbocycles. The van der Waals surface area contributed by atoms with Crippen molar-refractivity contribution in [3.05, 3.63) is 52.0 Å². The third-order valence-electron chi connectivity index (χ3n) is 6.17. The number of fused-ring (bicyclic) bond motifs is 1. The van der Waals surface area contributed by atoms with Crippen LogP contribution < -0.4 is 4.74 Å². The molecule has 2 atom stereocenters. The summed E-state index contributed by atoms with van der Waals surface area (Å²) in [6.07, 6.45) is 7.63. The van der Waals surface area contributed by atoms with E-state index in [4.69, 9.17) is 15.9 Å². The molecule has 2 aromatic rings. The summed E-state index contributed by atoms with van der Waals surface area (Å²) in [5.74, 6) is 3.24. The number of ether oxygens (including phenoxy) is 2. The Morgan fingerprint density at radius 1 is 1.32 bits per heavy atom. The summed E-state index contributed by atoms with van der Waals surface area (Å²) in [6.45, 7) is 2.60. The van der Waals surface area contributed by atoms with Crippen LogP contribution in [0.15, 0.2) is 35.7 Å². The van der Waals surface area contributed by atoms with Gasteiger partial charge >= 0.3 is 0 Å². The molecule has 2 aliphatic rings. The van der Waals surface area contributed by atoms with E-state index in [1.165, 1.54) is 17.0 Å². The first-order chi connectivity index (χ1) is 16.5. The van der Waals surface area contributed by atoms with Crippen LogP contribution in [0.1, 0.15) is 29.3 Å². The molecule has 1 amide bonds. The van der Waals surface area contributed by atoms with Crippen LogP contribution >= 0.6 is 11.3 Å². The van der Waals surface area contributed by atoms with E-state index in [9.17, 15) is 14.3 Å². The van der Waals surface area contributed by atoms with E-state index in [1.807, 2.05) is 9.80 Å². The first-order valence-corrected chi connectivity index (χ1v) is 12.6. The molecule has 1 aromatic heterocycles. The topological polar surface area (TPSA) is 62.2 Å². The van der Waals surface area contributed by atoms with Crippen LogP contribution in [-0.2, 0) is 16.0 Å². The van der Waals surface area contributed by atoms with Crippen molar-refractivity contribution in [2.75, 3.05) is 46.0 Å². The molecule has 1 aromatic carbocycles. The lowest BCUT2D eigenvalue weighted by Crippen LogP contribution is -2.48. The van der Waals surface area contributed by atoms with Crippen molar-refractivity contribution in [2.24, 2.45) is 5.92 Å². The Balaban J connectivity index is 1.42. The van der Waals surface area contributed by atoms with Gasteiger partial charge in [-0.05, 0) is 66.5 Å². The monoisotopic (exact) mass is 486 g/mol. The van der Waals surface area contributed by atoms with Gasteiger partial charge in [-0.2, -0.15) is 0 Å². The van der Waals surface area contributed by atoms with E-state index in [0.717, 1.165) is 31.4 Å². The number of aliphatic hydroxyl groups is 1. The highest BCUT2D eigenvalue weighted by atomic mass is 32.1. The zero-order valence-electron chi connectivity index (χ0n) is 19.2. The minimum atomic E-state index is -0.706. The number of aliphatic hydroxyl groups excluding tert-OH is 1. The van der Waals surface area contributed by atoms with Gasteiger partial charge < -0.3 is 19.5 Å². The SMILES string of the molecule is C#CCOC[C@H](O)CN(CC(=O)N1CCc2sccc2[C@H]1COc1ccc(F)cc1)CC1CC1. The lowest BCUT2D eigenvalue weighted by Gasteiger charge is -2.37. The maximum Gasteiger partial charge on any atom is 0.237 e. The molecule has 2 heterocycles. The summed E-state index contributed by atoms with van der Waals surface area (Å²) >= 11 is 1.70. The van der Waals surface area contributed by atoms with Gasteiger partial charge in [0.1, 0.15) is 24.8 Å². The van der Waals surface area contributed by atoms with Crippen LogP contribution in [0.5, 0.6) is 5.75 Å². The second kappa shape index (κ2) is 11.8. The molecule has 1 aliphatic carbocycles. The largest absolute Gasteiger partial charge is 0.491 e. The maximum absolute atomic E-state index is 13.5. The fourth-order valence-corrected chi connectivity index (χ4v) is 5.26. The number of carbonyl (C=O) groups excluding carboxylic acids is 1. The molecule has 1 fully saturated rings. The fraction of sp³-hybridized carbons (Fsp3) is 0.500. The van der Waals surface area contributed by atoms with Gasteiger partial charge in [0.15, 0.2) is 0 Å². The molecule has 1 N–H and O–H groups in total. The Labute approximate surface area is 204 Å². The Bertz CT molecular complexity index is 985. The predicted molar refractivity (Wildman–Crippen MR) is 129 cm³/mol. The molecule has 1 aliphatic heterocycles. The average Bonchev–Trinajstić information content (AvgIpc) is 3.50. The normalized spacial score (nSPS) is 18.4. The molecule has 4 rings (SSSR count). The molecule has 0 radical (unpaired) electrons. The Morgan fingerprint density at radius 3 is 2.85 bits per heavy atom. The number of thiophene rings is 1. The van der Waals surface area contributed by atoms with Gasteiger partial charge in [-0.1, -0.05) is 5.92 Å². The highest BCUT2D eigenvalue weighted by Gasteiger charge is 2.34. The van der Waals surface area contributed by atoms with Crippen molar-refractivity contribution in [2.45, 2.75) is 31.4 Å². The van der Waals surface area contributed by atoms with E-state index < -0.39 is 6.10 Å². The van der Waals surface area contributed by atoms with Gasteiger partial charge in [0.25, 0.3) is 0 Å². The molecule has 0 spiro atoms. The van der Waals surface area contributed by atoms with E-state index in [-0.39, 0.29) is 37.5 Å². The quantitative estimate of drug-likeness (QED) is 0.369. The number of rotatable bonds is 12. The summed E-state index contributed by atoms with van der Waals surface area (Å²) in [7, 11) is 0. The lowest BCUT2D eigenvalue weighted by molar-refractivity contribution is -0.136. The standard InChI is InChI=1S/C26H31FN2O4S/c1-2-12-32-17-21(30)15-28(14-19-3-4-19)16-26(31)29-11-9-25-23(10-13-34-25)24(29)18-33-22-7-5-20(27)6-8-22/h1,5-8,10,13,19,21,24,30H,3-4,9,11-12,14-18H2/t21-,24-/m1/s1. The van der Waals surface area contributed by atoms with Gasteiger partial charge in [-0.3, -0.25) is 9.69 Å². The summed E-state index contributed by atoms with van der Waals surface area (Å²) in [4.78, 5) is 18.7. The first-order valence-electron chi connectivity index (χ1n) is 11.7. The van der Waals surface area contributed by atoms with Crippen LogP contribution in [0.4, 0.5) is 4.39 Å². The Hall–Kier alpha value is -2.44. The smallest absolute Gasteiger partial charge is 0.237 e. The lowest BCUT2D eigenvalue weighted by atomic mass is 10.0. The van der Waals surface area contributed by atoms with Gasteiger partial charge in [-0.25, -0.2) is 4.39 Å². The zero-order chi connectivity index (χ0) is 23.9. The van der Waals surface area contributed by atoms with Crippen LogP contribution in [0.25, 0.3) is 0 Å². The summed E-state index contributed by atoms with van der Waals surface area (Å²) < 4.78 is 24.5. The zero-order valence-corrected chi connectivity index (χ0v) is 20.0. The van der Waals surface area contributed by atoms with Crippen molar-refractivity contribution in [1.29, 1.82) is 0 Å². The number of carbonyl (C=O) groups is 1. The molecule has 182 valence electrons. The number of benzene rings is 1. The fourth-order valence-electron chi connectivity index (χ4n) is 4.34. The maximum atomic E-state index is 13.5. The summed E-state index contributed by atoms with van der Waals surface area (Å²) in [5, 5.41) is 12.4. The summed E-state index contributed by atoms with van der Waals surface area (Å²) in [5.41, 5.74) is 1.11. The van der Waals surface area contributed by atoms with E-state index >= 15 is 0 Å². The van der Waals surface area contributed by atoms with Gasteiger partial charge in [0.05, 0.1) is 25.3 Å². The predicted octanol–water partition coefficient (Wildman–Crippen LogP) is 3.11. The Kier molecular flexibility index (Phi) is 8.57. The average molecular weight is 487 g/mol. The third kappa shape index (κ3) is 6.80. The molecule has 0 unspecified atom stereocenters. The van der Waals surface area contributed by atoms with Crippen molar-refractivity contribution in [1.82, 2.24) is 9.80 Å². The van der Waals surface area contributed by atoms with Crippen molar-refractivity contribution < 1.29 is 23.8 Å². The van der Waals surface area contributed by atoms with Crippen LogP contribution in [0.3, 0.4) is 0 Å². The van der Waals surface area contributed by atoms with E-state index in [2.05, 4.69) is 17.4 Å². The van der Waals surface area contributed by atoms with E-state index in [0.29, 0.717) is 31.4 Å². The number of hydrogen-bond donors (Lipinski definition) is 1. The molecular formula is C26H31FN2O4S. The first kappa shape index (κ1) is 24.7. The van der Waals surface area contributed by atoms with Crippen molar-refractivity contribution in [3.8, 4) is 18.1 Å². The highest BCUT2D eigenvalue weighted by Crippen LogP contribution is 2.34. The van der Waals surface area contributed by atoms with Gasteiger partial charge in [-0.15, -0.1) is 17.8 Å². The Morgan fingerprint density at radius 2 is 2.12 bits per heavy atom. The third-order valence-corrected chi connectivity index (χ3v) is 7.17. The summed E-state index contributed by atoms with van der Waals surface area (Å²) in [6, 6.07) is 7.78. The minimum absolute atomic E-state index is 0.0157. The van der Waals surface area contributed by atoms with Crippen molar-refractivity contribution >= 4 is 17.2 Å². The number of halogens is 1. The molecule has 8 heteroatoms. The van der Waals surface area contributed by atoms with Gasteiger partial charge in [0.2, 0.25) is 5.91 Å². The molecular weight excluding hydrogens is 455 g/mol. The van der Waals surface area contributed by atoms with E-state index in [1.54, 1.807) is 23.5 Å². The second-order valence-corrected chi connectivity index (χ2v) is 9.93. The van der Waals surface area contributed by atoms with Crippen molar-refractivity contribution in [3.63, 3.8) is 0 Å². The van der Waals surface area contributed by atoms with Crippen LogP contribution in [0, 0.1) is 24.1 Å². The number of nitrogens with zero attached hydrogens (tertiary/aromatic N) is 2. The number of hydrogen-bond acceptors (Lipinski definition) is 6. The molecule has 0 bridgehead atoms. The molecule has 6 nitrogen and oxygen atoms in total. The number of terminal acetylenes is 1. The van der Waals surface area contributed by atoms with Crippen LogP contribution in [0.2, 0.25) is 0 Å². The minimum Gasteiger partial charge on any atom is -0.491 e. The van der Waals surface area contributed by atoms with Crippen LogP contribution in [-0.4, -0.2) is 72.9 Å². The number of amides is 1. The second-order valence-electron chi connectivity index (χ2n) is 8.93. The highest BCUT2D eigenvalue weighted by molar-refractivity contribution is 7.10. The molecule has 0 saturated heterocycles. The molecule has 34 heavy (non-hydrogen) atoms. The van der Waals surface area contributed by atoms with Gasteiger partial charge in [0, 0.05) is 24.5 Å².